The highest BCUT2D eigenvalue weighted by molar-refractivity contribution is 6.11. The van der Waals surface area contributed by atoms with Gasteiger partial charge in [-0.3, -0.25) is 9.97 Å². The highest BCUT2D eigenvalue weighted by atomic mass is 15.0. The summed E-state index contributed by atoms with van der Waals surface area (Å²) in [7, 11) is 0. The molecule has 6 heteroatoms. The smallest absolute Gasteiger partial charge is 0.168 e. The number of rotatable bonds is 4. The normalized spacial score (nSPS) is 11.5. The van der Waals surface area contributed by atoms with Crippen LogP contribution in [0.4, 0.5) is 0 Å². The minimum Gasteiger partial charge on any atom is -0.264 e. The van der Waals surface area contributed by atoms with Crippen LogP contribution in [-0.4, -0.2) is 29.9 Å². The Labute approximate surface area is 230 Å². The number of aromatic nitrogens is 6. The standard InChI is InChI=1S/C34H20N6/c1-2-8-28-27(7-1)30-29-31(28)38-33(24-15-11-22(12-16-24)26-6-4-18-36-20-26)40-34(29)39-32(37-30)23-13-9-21(10-14-23)25-5-3-17-35-19-25/h1-20H. The van der Waals surface area contributed by atoms with Gasteiger partial charge in [0.15, 0.2) is 17.3 Å². The van der Waals surface area contributed by atoms with Gasteiger partial charge in [0.05, 0.1) is 16.8 Å². The highest BCUT2D eigenvalue weighted by Gasteiger charge is 2.27. The van der Waals surface area contributed by atoms with Gasteiger partial charge < -0.3 is 0 Å². The van der Waals surface area contributed by atoms with Crippen molar-refractivity contribution < 1.29 is 0 Å². The molecule has 0 aliphatic heterocycles. The molecule has 0 saturated carbocycles. The van der Waals surface area contributed by atoms with Crippen molar-refractivity contribution in [2.24, 2.45) is 0 Å². The van der Waals surface area contributed by atoms with Gasteiger partial charge in [-0.05, 0) is 34.4 Å². The SMILES string of the molecule is c1cncc(-c2ccc(-c3nc4c5c(nc(-c6ccc(-c7cccnc7)cc6)nc5n3)-c3ccccc3-4)cc2)c1. The van der Waals surface area contributed by atoms with E-state index in [0.29, 0.717) is 17.3 Å². The fraction of sp³-hybridized carbons (Fsp3) is 0. The fourth-order valence-corrected chi connectivity index (χ4v) is 5.27. The van der Waals surface area contributed by atoms with E-state index in [0.717, 1.165) is 61.3 Å². The van der Waals surface area contributed by atoms with Crippen LogP contribution in [0.2, 0.25) is 0 Å². The van der Waals surface area contributed by atoms with Gasteiger partial charge in [0.1, 0.15) is 0 Å². The van der Waals surface area contributed by atoms with E-state index < -0.39 is 0 Å². The van der Waals surface area contributed by atoms with Gasteiger partial charge in [0, 0.05) is 47.0 Å². The summed E-state index contributed by atoms with van der Waals surface area (Å²) in [6.45, 7) is 0. The molecule has 3 aromatic carbocycles. The molecule has 6 nitrogen and oxygen atoms in total. The Morgan fingerprint density at radius 3 is 1.25 bits per heavy atom. The van der Waals surface area contributed by atoms with Gasteiger partial charge >= 0.3 is 0 Å². The van der Waals surface area contributed by atoms with Crippen molar-refractivity contribution in [1.29, 1.82) is 0 Å². The van der Waals surface area contributed by atoms with Crippen molar-refractivity contribution in [1.82, 2.24) is 29.9 Å². The van der Waals surface area contributed by atoms with Crippen molar-refractivity contribution in [3.05, 3.63) is 122 Å². The highest BCUT2D eigenvalue weighted by Crippen LogP contribution is 2.45. The molecule has 0 unspecified atom stereocenters. The molecule has 0 bridgehead atoms. The van der Waals surface area contributed by atoms with Crippen LogP contribution in [0, 0.1) is 0 Å². The lowest BCUT2D eigenvalue weighted by atomic mass is 10.1. The maximum absolute atomic E-state index is 5.02. The van der Waals surface area contributed by atoms with E-state index in [2.05, 4.69) is 82.8 Å². The number of benzene rings is 3. The fourth-order valence-electron chi connectivity index (χ4n) is 5.27. The van der Waals surface area contributed by atoms with Crippen LogP contribution in [0.15, 0.2) is 122 Å². The van der Waals surface area contributed by atoms with E-state index in [4.69, 9.17) is 19.9 Å². The van der Waals surface area contributed by atoms with Crippen LogP contribution >= 0.6 is 0 Å². The molecule has 1 aliphatic rings. The van der Waals surface area contributed by atoms with Crippen molar-refractivity contribution >= 4 is 11.0 Å². The second kappa shape index (κ2) is 8.99. The van der Waals surface area contributed by atoms with Gasteiger partial charge in [0.25, 0.3) is 0 Å². The van der Waals surface area contributed by atoms with Crippen molar-refractivity contribution in [3.63, 3.8) is 0 Å². The number of fused-ring (bicyclic) bond motifs is 3. The molecule has 0 radical (unpaired) electrons. The average molecular weight is 513 g/mol. The number of hydrogen-bond acceptors (Lipinski definition) is 6. The molecule has 4 heterocycles. The molecule has 0 saturated heterocycles. The Morgan fingerprint density at radius 2 is 0.825 bits per heavy atom. The van der Waals surface area contributed by atoms with Gasteiger partial charge in [-0.2, -0.15) is 0 Å². The Hall–Kier alpha value is -5.62. The topological polar surface area (TPSA) is 77.3 Å². The van der Waals surface area contributed by atoms with Crippen LogP contribution in [0.1, 0.15) is 0 Å². The molecule has 0 amide bonds. The first-order valence-corrected chi connectivity index (χ1v) is 13.0. The lowest BCUT2D eigenvalue weighted by Gasteiger charge is -2.09. The van der Waals surface area contributed by atoms with Crippen LogP contribution in [-0.2, 0) is 0 Å². The lowest BCUT2D eigenvalue weighted by Crippen LogP contribution is -1.98. The Kier molecular flexibility index (Phi) is 5.03. The Morgan fingerprint density at radius 1 is 0.375 bits per heavy atom. The van der Waals surface area contributed by atoms with Crippen molar-refractivity contribution in [2.45, 2.75) is 0 Å². The van der Waals surface area contributed by atoms with Gasteiger partial charge in [0.2, 0.25) is 0 Å². The van der Waals surface area contributed by atoms with Gasteiger partial charge in [-0.1, -0.05) is 84.9 Å². The van der Waals surface area contributed by atoms with E-state index in [1.54, 1.807) is 12.4 Å². The molecule has 186 valence electrons. The molecule has 40 heavy (non-hydrogen) atoms. The maximum Gasteiger partial charge on any atom is 0.168 e. The lowest BCUT2D eigenvalue weighted by molar-refractivity contribution is 1.16. The summed E-state index contributed by atoms with van der Waals surface area (Å²) in [4.78, 5) is 28.4. The van der Waals surface area contributed by atoms with Crippen molar-refractivity contribution in [2.75, 3.05) is 0 Å². The quantitative estimate of drug-likeness (QED) is 0.243. The number of nitrogens with zero attached hydrogens (tertiary/aromatic N) is 6. The zero-order valence-electron chi connectivity index (χ0n) is 21.2. The number of hydrogen-bond donors (Lipinski definition) is 0. The molecular formula is C34H20N6. The molecular weight excluding hydrogens is 492 g/mol. The number of pyridine rings is 2. The summed E-state index contributed by atoms with van der Waals surface area (Å²) in [5.74, 6) is 1.28. The molecule has 0 spiro atoms. The summed E-state index contributed by atoms with van der Waals surface area (Å²) < 4.78 is 0. The summed E-state index contributed by atoms with van der Waals surface area (Å²) >= 11 is 0. The molecule has 0 N–H and O–H groups in total. The second-order valence-electron chi connectivity index (χ2n) is 9.67. The van der Waals surface area contributed by atoms with Crippen LogP contribution in [0.3, 0.4) is 0 Å². The van der Waals surface area contributed by atoms with E-state index in [1.807, 2.05) is 36.7 Å². The van der Waals surface area contributed by atoms with Crippen molar-refractivity contribution in [3.8, 4) is 67.5 Å². The first kappa shape index (κ1) is 22.4. The summed E-state index contributed by atoms with van der Waals surface area (Å²) in [6, 6.07) is 32.8. The Balaban J connectivity index is 1.26. The zero-order valence-corrected chi connectivity index (χ0v) is 21.2. The van der Waals surface area contributed by atoms with Gasteiger partial charge in [-0.15, -0.1) is 0 Å². The molecule has 7 aromatic rings. The average Bonchev–Trinajstić information content (AvgIpc) is 3.36. The van der Waals surface area contributed by atoms with E-state index in [-0.39, 0.29) is 0 Å². The predicted octanol–water partition coefficient (Wildman–Crippen LogP) is 7.53. The van der Waals surface area contributed by atoms with Gasteiger partial charge in [-0.25, -0.2) is 19.9 Å². The third kappa shape index (κ3) is 3.66. The third-order valence-electron chi connectivity index (χ3n) is 7.27. The zero-order chi connectivity index (χ0) is 26.5. The molecule has 0 atom stereocenters. The monoisotopic (exact) mass is 512 g/mol. The second-order valence-corrected chi connectivity index (χ2v) is 9.67. The predicted molar refractivity (Wildman–Crippen MR) is 157 cm³/mol. The summed E-state index contributed by atoms with van der Waals surface area (Å²) in [6.07, 6.45) is 7.28. The van der Waals surface area contributed by atoms with E-state index in [1.165, 1.54) is 0 Å². The Bertz CT molecular complexity index is 1880. The summed E-state index contributed by atoms with van der Waals surface area (Å²) in [5, 5.41) is 0.896. The van der Waals surface area contributed by atoms with E-state index in [9.17, 15) is 0 Å². The molecule has 0 fully saturated rings. The molecule has 4 aromatic heterocycles. The van der Waals surface area contributed by atoms with Crippen LogP contribution in [0.25, 0.3) is 78.6 Å². The summed E-state index contributed by atoms with van der Waals surface area (Å²) in [5.41, 5.74) is 10.7. The van der Waals surface area contributed by atoms with E-state index >= 15 is 0 Å². The minimum atomic E-state index is 0.638. The largest absolute Gasteiger partial charge is 0.264 e. The van der Waals surface area contributed by atoms with Crippen LogP contribution in [0.5, 0.6) is 0 Å². The third-order valence-corrected chi connectivity index (χ3v) is 7.27. The first-order valence-electron chi connectivity index (χ1n) is 13.0. The minimum absolute atomic E-state index is 0.638. The first-order chi connectivity index (χ1) is 19.8. The molecule has 8 rings (SSSR count). The maximum atomic E-state index is 5.02. The molecule has 1 aliphatic carbocycles. The van der Waals surface area contributed by atoms with Crippen LogP contribution < -0.4 is 0 Å².